The molecule has 15 heteroatoms. The van der Waals surface area contributed by atoms with Crippen molar-refractivity contribution in [3.8, 4) is 0 Å². The van der Waals surface area contributed by atoms with E-state index in [4.69, 9.17) is 9.47 Å². The van der Waals surface area contributed by atoms with Crippen molar-refractivity contribution < 1.29 is 41.9 Å². The summed E-state index contributed by atoms with van der Waals surface area (Å²) in [5.41, 5.74) is -0.190. The standard InChI is InChI=1S/C36H51N5O9S/c1-23(2)51(47,48)39-32(44)36-20-26(36)15-9-7-6-8-10-16-28(37-33(45)50-35(3,4)5)31(43)41-22-27(19-29(41)30(42)38-36)49-34(46)40-18-17-24-13-11-12-14-25(24)21-40/h9,11-15,23,26-29H,6-8,10,16-22H2,1-5H3,(H,37,45)(H,38,42)(H,39,44). The zero-order valence-electron chi connectivity index (χ0n) is 30.1. The summed E-state index contributed by atoms with van der Waals surface area (Å²) in [6.07, 6.45) is 5.38. The summed E-state index contributed by atoms with van der Waals surface area (Å²) in [7, 11) is -4.01. The molecule has 3 N–H and O–H groups in total. The summed E-state index contributed by atoms with van der Waals surface area (Å²) in [6, 6.07) is 5.63. The first-order valence-electron chi connectivity index (χ1n) is 17.9. The molecule has 1 saturated carbocycles. The molecule has 1 saturated heterocycles. The van der Waals surface area contributed by atoms with E-state index in [2.05, 4.69) is 15.4 Å². The number of amides is 5. The van der Waals surface area contributed by atoms with Gasteiger partial charge in [0.2, 0.25) is 21.8 Å². The van der Waals surface area contributed by atoms with Gasteiger partial charge in [-0.05, 0) is 77.8 Å². The normalized spacial score (nSPS) is 27.2. The van der Waals surface area contributed by atoms with E-state index < -0.39 is 80.4 Å². The van der Waals surface area contributed by atoms with Crippen LogP contribution in [0.4, 0.5) is 9.59 Å². The Hall–Kier alpha value is -4.14. The van der Waals surface area contributed by atoms with Gasteiger partial charge in [0.05, 0.1) is 11.8 Å². The summed E-state index contributed by atoms with van der Waals surface area (Å²) in [4.78, 5) is 71.3. The average Bonchev–Trinajstić information content (AvgIpc) is 3.58. The van der Waals surface area contributed by atoms with E-state index in [9.17, 15) is 32.4 Å². The van der Waals surface area contributed by atoms with Crippen LogP contribution in [0.1, 0.15) is 90.7 Å². The predicted octanol–water partition coefficient (Wildman–Crippen LogP) is 3.29. The van der Waals surface area contributed by atoms with Crippen molar-refractivity contribution in [3.63, 3.8) is 0 Å². The Morgan fingerprint density at radius 1 is 1.06 bits per heavy atom. The van der Waals surface area contributed by atoms with Crippen LogP contribution in [0.25, 0.3) is 0 Å². The first-order valence-corrected chi connectivity index (χ1v) is 19.4. The molecule has 3 aliphatic heterocycles. The molecule has 51 heavy (non-hydrogen) atoms. The van der Waals surface area contributed by atoms with Crippen molar-refractivity contribution >= 4 is 39.9 Å². The molecule has 1 aromatic carbocycles. The molecular weight excluding hydrogens is 678 g/mol. The van der Waals surface area contributed by atoms with Gasteiger partial charge in [0, 0.05) is 25.4 Å². The minimum Gasteiger partial charge on any atom is -0.444 e. The second-order valence-corrected chi connectivity index (χ2v) is 17.5. The van der Waals surface area contributed by atoms with Crippen molar-refractivity contribution in [2.45, 2.75) is 127 Å². The monoisotopic (exact) mass is 729 g/mol. The molecule has 1 aromatic rings. The minimum atomic E-state index is -4.01. The van der Waals surface area contributed by atoms with Gasteiger partial charge in [0.15, 0.2) is 0 Å². The highest BCUT2D eigenvalue weighted by molar-refractivity contribution is 7.90. The molecule has 0 bridgehead atoms. The third kappa shape index (κ3) is 9.21. The van der Waals surface area contributed by atoms with Crippen LogP contribution in [-0.2, 0) is 46.8 Å². The molecular formula is C36H51N5O9S. The van der Waals surface area contributed by atoms with Crippen molar-refractivity contribution in [1.29, 1.82) is 0 Å². The molecule has 0 aromatic heterocycles. The topological polar surface area (TPSA) is 181 Å². The fourth-order valence-electron chi connectivity index (χ4n) is 6.82. The predicted molar refractivity (Wildman–Crippen MR) is 188 cm³/mol. The Morgan fingerprint density at radius 3 is 2.49 bits per heavy atom. The quantitative estimate of drug-likeness (QED) is 0.384. The Morgan fingerprint density at radius 2 is 1.78 bits per heavy atom. The van der Waals surface area contributed by atoms with Gasteiger partial charge in [-0.3, -0.25) is 19.1 Å². The summed E-state index contributed by atoms with van der Waals surface area (Å²) in [5, 5.41) is 4.61. The van der Waals surface area contributed by atoms with Crippen LogP contribution < -0.4 is 15.4 Å². The van der Waals surface area contributed by atoms with Gasteiger partial charge in [-0.1, -0.05) is 49.3 Å². The van der Waals surface area contributed by atoms with Gasteiger partial charge in [-0.2, -0.15) is 0 Å². The molecule has 0 radical (unpaired) electrons. The molecule has 14 nitrogen and oxygen atoms in total. The molecule has 1 aliphatic carbocycles. The van der Waals surface area contributed by atoms with Gasteiger partial charge in [0.25, 0.3) is 5.91 Å². The fourth-order valence-corrected chi connectivity index (χ4v) is 7.50. The van der Waals surface area contributed by atoms with E-state index in [1.54, 1.807) is 25.7 Å². The Balaban J connectivity index is 1.41. The lowest BCUT2D eigenvalue weighted by molar-refractivity contribution is -0.141. The number of carbonyl (C=O) groups is 5. The minimum absolute atomic E-state index is 0.0601. The van der Waals surface area contributed by atoms with Crippen LogP contribution >= 0.6 is 0 Å². The molecule has 5 amide bonds. The van der Waals surface area contributed by atoms with Crippen molar-refractivity contribution in [2.24, 2.45) is 5.92 Å². The number of ether oxygens (including phenoxy) is 2. The number of hydrogen-bond donors (Lipinski definition) is 3. The molecule has 4 aliphatic rings. The summed E-state index contributed by atoms with van der Waals surface area (Å²) < 4.78 is 38.9. The van der Waals surface area contributed by atoms with Crippen LogP contribution in [0.2, 0.25) is 0 Å². The number of sulfonamides is 1. The number of nitrogens with zero attached hydrogens (tertiary/aromatic N) is 2. The highest BCUT2D eigenvalue weighted by Crippen LogP contribution is 2.46. The largest absolute Gasteiger partial charge is 0.444 e. The Kier molecular flexibility index (Phi) is 11.4. The summed E-state index contributed by atoms with van der Waals surface area (Å²) in [6.45, 7) is 8.71. The molecule has 0 spiro atoms. The highest BCUT2D eigenvalue weighted by atomic mass is 32.2. The van der Waals surface area contributed by atoms with E-state index in [1.165, 1.54) is 18.7 Å². The van der Waals surface area contributed by atoms with Gasteiger partial charge in [-0.25, -0.2) is 18.0 Å². The third-order valence-corrected chi connectivity index (χ3v) is 11.6. The zero-order valence-corrected chi connectivity index (χ0v) is 30.9. The molecule has 2 fully saturated rings. The molecule has 5 unspecified atom stereocenters. The molecule has 280 valence electrons. The van der Waals surface area contributed by atoms with E-state index in [0.29, 0.717) is 32.4 Å². The molecule has 5 rings (SSSR count). The van der Waals surface area contributed by atoms with Crippen LogP contribution in [0.3, 0.4) is 0 Å². The summed E-state index contributed by atoms with van der Waals surface area (Å²) >= 11 is 0. The van der Waals surface area contributed by atoms with E-state index in [-0.39, 0.29) is 25.8 Å². The number of nitrogens with one attached hydrogen (secondary N) is 3. The molecule has 3 heterocycles. The number of fused-ring (bicyclic) bond motifs is 3. The lowest BCUT2D eigenvalue weighted by Crippen LogP contribution is -2.58. The smallest absolute Gasteiger partial charge is 0.410 e. The van der Waals surface area contributed by atoms with Gasteiger partial charge in [0.1, 0.15) is 29.3 Å². The second kappa shape index (κ2) is 15.2. The van der Waals surface area contributed by atoms with E-state index >= 15 is 0 Å². The highest BCUT2D eigenvalue weighted by Gasteiger charge is 2.61. The van der Waals surface area contributed by atoms with Crippen LogP contribution in [0.5, 0.6) is 0 Å². The van der Waals surface area contributed by atoms with E-state index in [1.807, 2.05) is 36.4 Å². The first-order chi connectivity index (χ1) is 24.0. The van der Waals surface area contributed by atoms with Crippen molar-refractivity contribution in [3.05, 3.63) is 47.5 Å². The van der Waals surface area contributed by atoms with E-state index in [0.717, 1.165) is 24.0 Å². The maximum Gasteiger partial charge on any atom is 0.410 e. The zero-order chi connectivity index (χ0) is 37.1. The first kappa shape index (κ1) is 38.1. The number of alkyl carbamates (subject to hydrolysis) is 1. The number of benzene rings is 1. The van der Waals surface area contributed by atoms with Gasteiger partial charge in [-0.15, -0.1) is 0 Å². The number of carbonyl (C=O) groups excluding carboxylic acids is 5. The summed E-state index contributed by atoms with van der Waals surface area (Å²) in [5.74, 6) is -2.55. The fraction of sp³-hybridized carbons (Fsp3) is 0.639. The van der Waals surface area contributed by atoms with Crippen LogP contribution in [0.15, 0.2) is 36.4 Å². The third-order valence-electron chi connectivity index (χ3n) is 9.85. The van der Waals surface area contributed by atoms with Crippen molar-refractivity contribution in [2.75, 3.05) is 13.1 Å². The maximum absolute atomic E-state index is 14.3. The van der Waals surface area contributed by atoms with Gasteiger partial charge < -0.3 is 29.9 Å². The SMILES string of the molecule is CC(C)S(=O)(=O)NC(=O)C12CC1C=CCCCCCC(NC(=O)OC(C)(C)C)C(=O)N1CC(OC(=O)N3CCc4ccccc4C3)CC1C(=O)N2. The number of allylic oxidation sites excluding steroid dienone is 1. The average molecular weight is 730 g/mol. The maximum atomic E-state index is 14.3. The Bertz CT molecular complexity index is 1660. The van der Waals surface area contributed by atoms with Gasteiger partial charge >= 0.3 is 12.2 Å². The lowest BCUT2D eigenvalue weighted by Gasteiger charge is -2.30. The number of hydrogen-bond acceptors (Lipinski definition) is 9. The van der Waals surface area contributed by atoms with Crippen molar-refractivity contribution in [1.82, 2.24) is 25.2 Å². The van der Waals surface area contributed by atoms with Crippen LogP contribution in [-0.4, -0.2) is 95.8 Å². The Labute approximate surface area is 300 Å². The lowest BCUT2D eigenvalue weighted by atomic mass is 10.0. The second-order valence-electron chi connectivity index (χ2n) is 15.2. The van der Waals surface area contributed by atoms with Crippen LogP contribution in [0, 0.1) is 5.92 Å². The molecule has 5 atom stereocenters. The number of rotatable bonds is 5.